The molecule has 3 rings (SSSR count). The van der Waals surface area contributed by atoms with Crippen molar-refractivity contribution >= 4 is 5.91 Å². The molecule has 1 amide bonds. The Bertz CT molecular complexity index is 531. The van der Waals surface area contributed by atoms with Crippen molar-refractivity contribution in [2.75, 3.05) is 7.11 Å². The third kappa shape index (κ3) is 4.73. The zero-order chi connectivity index (χ0) is 16.9. The second-order valence-corrected chi connectivity index (χ2v) is 7.53. The van der Waals surface area contributed by atoms with Gasteiger partial charge in [0.25, 0.3) is 0 Å². The van der Waals surface area contributed by atoms with Crippen LogP contribution in [-0.2, 0) is 11.2 Å². The standard InChI is InChI=1S/C20H30N2O2/c1-14(3-4-15-5-9-19(24-2)10-6-15)21-20(23)13-16-11-17-7-8-18(12-16)22-17/h5-6,9-10,14,16-18,22H,3-4,7-8,11-13H2,1-2H3,(H,21,23). The van der Waals surface area contributed by atoms with E-state index in [1.807, 2.05) is 12.1 Å². The van der Waals surface area contributed by atoms with Crippen LogP contribution in [0.1, 0.15) is 51.0 Å². The number of fused-ring (bicyclic) bond motifs is 2. The minimum absolute atomic E-state index is 0.220. The van der Waals surface area contributed by atoms with Gasteiger partial charge in [0.15, 0.2) is 0 Å². The Kier molecular flexibility index (Phi) is 5.77. The van der Waals surface area contributed by atoms with Crippen molar-refractivity contribution < 1.29 is 9.53 Å². The highest BCUT2D eigenvalue weighted by molar-refractivity contribution is 5.76. The lowest BCUT2D eigenvalue weighted by Gasteiger charge is -2.29. The molecule has 2 aliphatic heterocycles. The van der Waals surface area contributed by atoms with Crippen LogP contribution >= 0.6 is 0 Å². The van der Waals surface area contributed by atoms with Crippen molar-refractivity contribution in [1.29, 1.82) is 0 Å². The van der Waals surface area contributed by atoms with Gasteiger partial charge in [-0.1, -0.05) is 12.1 Å². The average molecular weight is 330 g/mol. The van der Waals surface area contributed by atoms with Crippen LogP contribution in [-0.4, -0.2) is 31.1 Å². The number of aryl methyl sites for hydroxylation is 1. The fraction of sp³-hybridized carbons (Fsp3) is 0.650. The number of carbonyl (C=O) groups is 1. The molecule has 2 heterocycles. The summed E-state index contributed by atoms with van der Waals surface area (Å²) in [5, 5.41) is 6.83. The lowest BCUT2D eigenvalue weighted by atomic mass is 9.89. The molecule has 2 saturated heterocycles. The van der Waals surface area contributed by atoms with Gasteiger partial charge in [-0.3, -0.25) is 4.79 Å². The van der Waals surface area contributed by atoms with Crippen molar-refractivity contribution in [2.24, 2.45) is 5.92 Å². The Labute approximate surface area is 145 Å². The largest absolute Gasteiger partial charge is 0.497 e. The lowest BCUT2D eigenvalue weighted by molar-refractivity contribution is -0.122. The summed E-state index contributed by atoms with van der Waals surface area (Å²) < 4.78 is 5.18. The first kappa shape index (κ1) is 17.3. The Morgan fingerprint density at radius 2 is 1.92 bits per heavy atom. The first-order valence-electron chi connectivity index (χ1n) is 9.30. The first-order chi connectivity index (χ1) is 11.6. The quantitative estimate of drug-likeness (QED) is 0.808. The van der Waals surface area contributed by atoms with Gasteiger partial charge in [0.2, 0.25) is 5.91 Å². The van der Waals surface area contributed by atoms with Gasteiger partial charge >= 0.3 is 0 Å². The molecule has 0 saturated carbocycles. The number of nitrogens with one attached hydrogen (secondary N) is 2. The van der Waals surface area contributed by atoms with E-state index in [1.165, 1.54) is 31.2 Å². The van der Waals surface area contributed by atoms with Crippen LogP contribution in [0.3, 0.4) is 0 Å². The first-order valence-corrected chi connectivity index (χ1v) is 9.30. The molecule has 3 atom stereocenters. The molecule has 24 heavy (non-hydrogen) atoms. The number of rotatable bonds is 7. The van der Waals surface area contributed by atoms with E-state index in [-0.39, 0.29) is 11.9 Å². The van der Waals surface area contributed by atoms with Crippen LogP contribution in [0.2, 0.25) is 0 Å². The molecule has 3 unspecified atom stereocenters. The van der Waals surface area contributed by atoms with Gasteiger partial charge in [0, 0.05) is 24.5 Å². The van der Waals surface area contributed by atoms with Gasteiger partial charge < -0.3 is 15.4 Å². The Hall–Kier alpha value is -1.55. The fourth-order valence-electron chi connectivity index (χ4n) is 4.19. The van der Waals surface area contributed by atoms with Crippen molar-refractivity contribution in [3.8, 4) is 5.75 Å². The van der Waals surface area contributed by atoms with E-state index in [4.69, 9.17) is 4.74 Å². The minimum atomic E-state index is 0.220. The lowest BCUT2D eigenvalue weighted by Crippen LogP contribution is -2.40. The third-order valence-corrected chi connectivity index (χ3v) is 5.48. The fourth-order valence-corrected chi connectivity index (χ4v) is 4.19. The van der Waals surface area contributed by atoms with Crippen LogP contribution in [0.4, 0.5) is 0 Å². The summed E-state index contributed by atoms with van der Waals surface area (Å²) >= 11 is 0. The molecule has 0 radical (unpaired) electrons. The van der Waals surface area contributed by atoms with Crippen LogP contribution in [0.25, 0.3) is 0 Å². The molecular formula is C20H30N2O2. The van der Waals surface area contributed by atoms with E-state index in [0.29, 0.717) is 24.4 Å². The molecule has 2 aliphatic rings. The van der Waals surface area contributed by atoms with Crippen LogP contribution in [0, 0.1) is 5.92 Å². The molecule has 0 spiro atoms. The molecule has 1 aromatic rings. The van der Waals surface area contributed by atoms with Crippen molar-refractivity contribution in [3.63, 3.8) is 0 Å². The number of hydrogen-bond donors (Lipinski definition) is 2. The van der Waals surface area contributed by atoms with E-state index in [1.54, 1.807) is 7.11 Å². The maximum atomic E-state index is 12.3. The zero-order valence-corrected chi connectivity index (χ0v) is 14.9. The molecule has 2 N–H and O–H groups in total. The summed E-state index contributed by atoms with van der Waals surface area (Å²) in [6, 6.07) is 9.71. The number of hydrogen-bond acceptors (Lipinski definition) is 3. The Balaban J connectivity index is 1.37. The maximum Gasteiger partial charge on any atom is 0.220 e. The molecular weight excluding hydrogens is 300 g/mol. The summed E-state index contributed by atoms with van der Waals surface area (Å²) in [7, 11) is 1.68. The van der Waals surface area contributed by atoms with Gasteiger partial charge in [-0.05, 0) is 69.1 Å². The molecule has 2 fully saturated rings. The molecule has 2 bridgehead atoms. The van der Waals surface area contributed by atoms with Gasteiger partial charge in [0.05, 0.1) is 7.11 Å². The number of benzene rings is 1. The van der Waals surface area contributed by atoms with Crippen molar-refractivity contribution in [3.05, 3.63) is 29.8 Å². The molecule has 0 aromatic heterocycles. The highest BCUT2D eigenvalue weighted by Crippen LogP contribution is 2.32. The van der Waals surface area contributed by atoms with Gasteiger partial charge in [-0.25, -0.2) is 0 Å². The molecule has 1 aromatic carbocycles. The third-order valence-electron chi connectivity index (χ3n) is 5.48. The number of methoxy groups -OCH3 is 1. The van der Waals surface area contributed by atoms with Gasteiger partial charge in [-0.15, -0.1) is 0 Å². The van der Waals surface area contributed by atoms with E-state index in [9.17, 15) is 4.79 Å². The summed E-state index contributed by atoms with van der Waals surface area (Å²) in [6.45, 7) is 2.10. The minimum Gasteiger partial charge on any atom is -0.497 e. The molecule has 132 valence electrons. The second-order valence-electron chi connectivity index (χ2n) is 7.53. The predicted octanol–water partition coefficient (Wildman–Crippen LogP) is 3.05. The van der Waals surface area contributed by atoms with Crippen LogP contribution in [0.15, 0.2) is 24.3 Å². The van der Waals surface area contributed by atoms with Gasteiger partial charge in [-0.2, -0.15) is 0 Å². The number of amides is 1. The second kappa shape index (κ2) is 8.02. The predicted molar refractivity (Wildman–Crippen MR) is 96.2 cm³/mol. The normalized spacial score (nSPS) is 26.8. The SMILES string of the molecule is COc1ccc(CCC(C)NC(=O)CC2CC3CCC(C2)N3)cc1. The highest BCUT2D eigenvalue weighted by atomic mass is 16.5. The highest BCUT2D eigenvalue weighted by Gasteiger charge is 2.34. The zero-order valence-electron chi connectivity index (χ0n) is 14.9. The summed E-state index contributed by atoms with van der Waals surface area (Å²) in [5.74, 6) is 1.68. The average Bonchev–Trinajstić information content (AvgIpc) is 2.92. The number of piperidine rings is 1. The Morgan fingerprint density at radius 1 is 1.25 bits per heavy atom. The summed E-state index contributed by atoms with van der Waals surface area (Å²) in [6.07, 6.45) is 7.57. The van der Waals surface area contributed by atoms with E-state index in [2.05, 4.69) is 29.7 Å². The molecule has 4 nitrogen and oxygen atoms in total. The summed E-state index contributed by atoms with van der Waals surface area (Å²) in [4.78, 5) is 12.3. The number of ether oxygens (including phenoxy) is 1. The van der Waals surface area contributed by atoms with Crippen molar-refractivity contribution in [1.82, 2.24) is 10.6 Å². The van der Waals surface area contributed by atoms with E-state index >= 15 is 0 Å². The smallest absolute Gasteiger partial charge is 0.220 e. The monoisotopic (exact) mass is 330 g/mol. The number of carbonyl (C=O) groups excluding carboxylic acids is 1. The summed E-state index contributed by atoms with van der Waals surface area (Å²) in [5.41, 5.74) is 1.28. The van der Waals surface area contributed by atoms with Crippen LogP contribution < -0.4 is 15.4 Å². The molecule has 0 aliphatic carbocycles. The van der Waals surface area contributed by atoms with Crippen molar-refractivity contribution in [2.45, 2.75) is 70.0 Å². The van der Waals surface area contributed by atoms with Crippen LogP contribution in [0.5, 0.6) is 5.75 Å². The maximum absolute atomic E-state index is 12.3. The van der Waals surface area contributed by atoms with Gasteiger partial charge in [0.1, 0.15) is 5.75 Å². The topological polar surface area (TPSA) is 50.4 Å². The molecule has 4 heteroatoms. The van der Waals surface area contributed by atoms with E-state index < -0.39 is 0 Å². The Morgan fingerprint density at radius 3 is 2.54 bits per heavy atom. The van der Waals surface area contributed by atoms with E-state index in [0.717, 1.165) is 18.6 Å².